The summed E-state index contributed by atoms with van der Waals surface area (Å²) in [5, 5.41) is 12.7. The molecule has 6 atom stereocenters. The maximum Gasteiger partial charge on any atom is 0.310 e. The van der Waals surface area contributed by atoms with E-state index in [-0.39, 0.29) is 36.2 Å². The minimum Gasteiger partial charge on any atom is -0.497 e. The lowest BCUT2D eigenvalue weighted by atomic mass is 9.71. The SMILES string of the molecule is CCOC(=O)[C@@H]1[C@@H]2CCC3(S2)C(C(=O)Nc2ccc(OC)cc2)N([C@H](C)CO)C(=O)[C@H]13. The largest absolute Gasteiger partial charge is 0.497 e. The van der Waals surface area contributed by atoms with Crippen molar-refractivity contribution < 1.29 is 29.0 Å². The van der Waals surface area contributed by atoms with Crippen LogP contribution in [0, 0.1) is 11.8 Å². The highest BCUT2D eigenvalue weighted by atomic mass is 32.2. The summed E-state index contributed by atoms with van der Waals surface area (Å²) in [6.45, 7) is 3.45. The number of anilines is 1. The molecule has 1 aromatic carbocycles. The molecule has 3 aliphatic heterocycles. The quantitative estimate of drug-likeness (QED) is 0.612. The molecule has 0 aromatic heterocycles. The number of aliphatic hydroxyl groups is 1. The molecule has 2 amide bonds. The molecular weight excluding hydrogens is 420 g/mol. The number of carbonyl (C=O) groups is 3. The average Bonchev–Trinajstić information content (AvgIpc) is 3.41. The first-order valence-corrected chi connectivity index (χ1v) is 11.5. The molecule has 2 N–H and O–H groups in total. The van der Waals surface area contributed by atoms with Crippen molar-refractivity contribution in [1.29, 1.82) is 0 Å². The Bertz CT molecular complexity index is 877. The van der Waals surface area contributed by atoms with Crippen molar-refractivity contribution in [2.24, 2.45) is 11.8 Å². The Balaban J connectivity index is 1.68. The molecule has 2 unspecified atom stereocenters. The molecule has 3 saturated heterocycles. The van der Waals surface area contributed by atoms with Gasteiger partial charge in [-0.1, -0.05) is 0 Å². The van der Waals surface area contributed by atoms with Crippen molar-refractivity contribution in [3.63, 3.8) is 0 Å². The first-order valence-electron chi connectivity index (χ1n) is 10.6. The summed E-state index contributed by atoms with van der Waals surface area (Å²) in [7, 11) is 1.57. The second-order valence-corrected chi connectivity index (χ2v) is 9.90. The standard InChI is InChI=1S/C22H28N2O6S/c1-4-30-21(28)16-15-9-10-22(31-15)17(16)20(27)24(12(2)11-25)18(22)19(26)23-13-5-7-14(29-3)8-6-13/h5-8,12,15-18,25H,4,9-11H2,1-3H3,(H,23,26)/t12-,15+,16-,17+,18?,22?/m1/s1. The third-order valence-electron chi connectivity index (χ3n) is 6.64. The zero-order chi connectivity index (χ0) is 22.3. The number of esters is 1. The number of likely N-dealkylation sites (tertiary alicyclic amines) is 1. The number of methoxy groups -OCH3 is 1. The van der Waals surface area contributed by atoms with Crippen LogP contribution < -0.4 is 10.1 Å². The Morgan fingerprint density at radius 1 is 1.35 bits per heavy atom. The normalized spacial score (nSPS) is 32.0. The van der Waals surface area contributed by atoms with Crippen LogP contribution in [0.25, 0.3) is 0 Å². The van der Waals surface area contributed by atoms with Gasteiger partial charge < -0.3 is 24.8 Å². The molecule has 0 saturated carbocycles. The lowest BCUT2D eigenvalue weighted by molar-refractivity contribution is -0.154. The third kappa shape index (κ3) is 3.38. The van der Waals surface area contributed by atoms with Gasteiger partial charge in [0.15, 0.2) is 0 Å². The van der Waals surface area contributed by atoms with Crippen molar-refractivity contribution in [1.82, 2.24) is 4.90 Å². The van der Waals surface area contributed by atoms with E-state index < -0.39 is 28.7 Å². The lowest BCUT2D eigenvalue weighted by Gasteiger charge is -2.35. The molecule has 0 radical (unpaired) electrons. The molecule has 1 spiro atoms. The Hall–Kier alpha value is -2.26. The van der Waals surface area contributed by atoms with Gasteiger partial charge in [-0.25, -0.2) is 0 Å². The Kier molecular flexibility index (Phi) is 5.91. The zero-order valence-electron chi connectivity index (χ0n) is 17.9. The smallest absolute Gasteiger partial charge is 0.310 e. The number of rotatable bonds is 7. The lowest BCUT2D eigenvalue weighted by Crippen LogP contribution is -2.54. The van der Waals surface area contributed by atoms with Crippen LogP contribution in [-0.2, 0) is 19.1 Å². The highest BCUT2D eigenvalue weighted by Gasteiger charge is 2.74. The predicted octanol–water partition coefficient (Wildman–Crippen LogP) is 1.67. The second kappa shape index (κ2) is 8.35. The maximum atomic E-state index is 13.5. The fourth-order valence-electron chi connectivity index (χ4n) is 5.34. The van der Waals surface area contributed by atoms with Crippen LogP contribution in [0.2, 0.25) is 0 Å². The van der Waals surface area contributed by atoms with E-state index in [4.69, 9.17) is 9.47 Å². The molecule has 3 fully saturated rings. The number of aliphatic hydroxyl groups excluding tert-OH is 1. The summed E-state index contributed by atoms with van der Waals surface area (Å²) < 4.78 is 9.75. The number of amides is 2. The van der Waals surface area contributed by atoms with Crippen LogP contribution in [0.5, 0.6) is 5.75 Å². The van der Waals surface area contributed by atoms with Gasteiger partial charge in [-0.05, 0) is 51.0 Å². The molecule has 1 aromatic rings. The number of fused-ring (bicyclic) bond motifs is 1. The molecule has 4 rings (SSSR count). The van der Waals surface area contributed by atoms with Crippen molar-refractivity contribution in [2.45, 2.75) is 48.8 Å². The van der Waals surface area contributed by atoms with Crippen molar-refractivity contribution in [2.75, 3.05) is 25.6 Å². The minimum absolute atomic E-state index is 0.0316. The predicted molar refractivity (Wildman–Crippen MR) is 116 cm³/mol. The van der Waals surface area contributed by atoms with Gasteiger partial charge in [-0.2, -0.15) is 0 Å². The van der Waals surface area contributed by atoms with Crippen LogP contribution >= 0.6 is 11.8 Å². The van der Waals surface area contributed by atoms with E-state index in [9.17, 15) is 19.5 Å². The average molecular weight is 449 g/mol. The van der Waals surface area contributed by atoms with Crippen LogP contribution in [0.3, 0.4) is 0 Å². The van der Waals surface area contributed by atoms with Crippen molar-refractivity contribution >= 4 is 35.2 Å². The van der Waals surface area contributed by atoms with Gasteiger partial charge in [0.25, 0.3) is 0 Å². The number of nitrogens with one attached hydrogen (secondary N) is 1. The fourth-order valence-corrected chi connectivity index (χ4v) is 7.54. The van der Waals surface area contributed by atoms with Gasteiger partial charge in [0, 0.05) is 10.9 Å². The summed E-state index contributed by atoms with van der Waals surface area (Å²) >= 11 is 1.57. The number of hydrogen-bond acceptors (Lipinski definition) is 7. The summed E-state index contributed by atoms with van der Waals surface area (Å²) in [5.74, 6) is -1.42. The molecule has 168 valence electrons. The maximum absolute atomic E-state index is 13.5. The summed E-state index contributed by atoms with van der Waals surface area (Å²) in [4.78, 5) is 41.3. The number of carbonyl (C=O) groups excluding carboxylic acids is 3. The zero-order valence-corrected chi connectivity index (χ0v) is 18.7. The first-order chi connectivity index (χ1) is 14.9. The molecule has 3 aliphatic rings. The molecule has 8 nitrogen and oxygen atoms in total. The Morgan fingerprint density at radius 2 is 2.06 bits per heavy atom. The van der Waals surface area contributed by atoms with E-state index in [2.05, 4.69) is 5.32 Å². The minimum atomic E-state index is -0.774. The van der Waals surface area contributed by atoms with Crippen molar-refractivity contribution in [3.8, 4) is 5.75 Å². The number of hydrogen-bond donors (Lipinski definition) is 2. The second-order valence-electron chi connectivity index (χ2n) is 8.30. The van der Waals surface area contributed by atoms with Gasteiger partial charge in [-0.3, -0.25) is 14.4 Å². The van der Waals surface area contributed by atoms with Crippen LogP contribution in [0.1, 0.15) is 26.7 Å². The molecule has 3 heterocycles. The van der Waals surface area contributed by atoms with Gasteiger partial charge in [0.05, 0.1) is 42.9 Å². The van der Waals surface area contributed by atoms with E-state index in [1.54, 1.807) is 57.0 Å². The summed E-state index contributed by atoms with van der Waals surface area (Å²) in [6.07, 6.45) is 1.43. The highest BCUT2D eigenvalue weighted by Crippen LogP contribution is 2.66. The van der Waals surface area contributed by atoms with Crippen LogP contribution in [0.15, 0.2) is 24.3 Å². The Labute approximate surface area is 185 Å². The topological polar surface area (TPSA) is 105 Å². The number of benzene rings is 1. The third-order valence-corrected chi connectivity index (χ3v) is 8.59. The van der Waals surface area contributed by atoms with E-state index >= 15 is 0 Å². The van der Waals surface area contributed by atoms with Crippen molar-refractivity contribution in [3.05, 3.63) is 24.3 Å². The molecule has 0 aliphatic carbocycles. The summed E-state index contributed by atoms with van der Waals surface area (Å²) in [5.41, 5.74) is 0.592. The van der Waals surface area contributed by atoms with Gasteiger partial charge in [-0.15, -0.1) is 11.8 Å². The van der Waals surface area contributed by atoms with E-state index in [0.29, 0.717) is 17.9 Å². The van der Waals surface area contributed by atoms with Gasteiger partial charge in [0.2, 0.25) is 11.8 Å². The number of nitrogens with zero attached hydrogens (tertiary/aromatic N) is 1. The van der Waals surface area contributed by atoms with E-state index in [1.807, 2.05) is 0 Å². The first kappa shape index (κ1) is 22.0. The van der Waals surface area contributed by atoms with Gasteiger partial charge >= 0.3 is 5.97 Å². The van der Waals surface area contributed by atoms with Crippen LogP contribution in [0.4, 0.5) is 5.69 Å². The van der Waals surface area contributed by atoms with E-state index in [1.165, 1.54) is 4.90 Å². The van der Waals surface area contributed by atoms with Crippen LogP contribution in [-0.4, -0.2) is 70.2 Å². The fraction of sp³-hybridized carbons (Fsp3) is 0.591. The Morgan fingerprint density at radius 3 is 2.68 bits per heavy atom. The molecular formula is C22H28N2O6S. The molecule has 31 heavy (non-hydrogen) atoms. The number of thioether (sulfide) groups is 1. The van der Waals surface area contributed by atoms with E-state index in [0.717, 1.165) is 6.42 Å². The number of ether oxygens (including phenoxy) is 2. The highest BCUT2D eigenvalue weighted by molar-refractivity contribution is 8.02. The molecule has 9 heteroatoms. The van der Waals surface area contributed by atoms with Gasteiger partial charge in [0.1, 0.15) is 11.8 Å². The summed E-state index contributed by atoms with van der Waals surface area (Å²) in [6, 6.07) is 5.66. The monoisotopic (exact) mass is 448 g/mol. The molecule has 2 bridgehead atoms.